The summed E-state index contributed by atoms with van der Waals surface area (Å²) in [6.07, 6.45) is 9.69. The molecule has 1 amide bonds. The fourth-order valence-electron chi connectivity index (χ4n) is 3.17. The second-order valence-electron chi connectivity index (χ2n) is 6.44. The molecule has 0 aliphatic heterocycles. The maximum absolute atomic E-state index is 12.5. The monoisotopic (exact) mass is 345 g/mol. The number of hydrogen-bond donors (Lipinski definition) is 1. The van der Waals surface area contributed by atoms with Crippen LogP contribution in [0.5, 0.6) is 0 Å². The van der Waals surface area contributed by atoms with Crippen LogP contribution < -0.4 is 5.32 Å². The molecule has 0 saturated carbocycles. The number of carbonyl (C=O) groups excluding carboxylic acids is 1. The van der Waals surface area contributed by atoms with Gasteiger partial charge in [-0.1, -0.05) is 0 Å². The zero-order valence-corrected chi connectivity index (χ0v) is 14.5. The fraction of sp³-hybridized carbons (Fsp3) is 0.250. The number of hydrogen-bond acceptors (Lipinski definition) is 5. The lowest BCUT2D eigenvalue weighted by Crippen LogP contribution is -2.31. The summed E-state index contributed by atoms with van der Waals surface area (Å²) in [5.41, 5.74) is 4.35. The van der Waals surface area contributed by atoms with Gasteiger partial charge < -0.3 is 5.32 Å². The Balaban J connectivity index is 1.57. The average molecular weight is 345 g/mol. The van der Waals surface area contributed by atoms with Crippen molar-refractivity contribution in [3.63, 3.8) is 0 Å². The van der Waals surface area contributed by atoms with Gasteiger partial charge >= 0.3 is 0 Å². The highest BCUT2D eigenvalue weighted by atomic mass is 16.1. The Morgan fingerprint density at radius 3 is 2.85 bits per heavy atom. The minimum atomic E-state index is -0.119. The van der Waals surface area contributed by atoms with Crippen molar-refractivity contribution in [3.8, 4) is 11.4 Å². The van der Waals surface area contributed by atoms with E-state index in [9.17, 15) is 4.79 Å². The third-order valence-corrected chi connectivity index (χ3v) is 4.58. The molecule has 1 aliphatic rings. The molecule has 3 aromatic heterocycles. The Morgan fingerprint density at radius 2 is 2.08 bits per heavy atom. The summed E-state index contributed by atoms with van der Waals surface area (Å²) in [5, 5.41) is 3.10. The molecule has 130 valence electrons. The van der Waals surface area contributed by atoms with Gasteiger partial charge in [-0.15, -0.1) is 0 Å². The molecule has 1 aliphatic carbocycles. The highest BCUT2D eigenvalue weighted by molar-refractivity contribution is 5.94. The van der Waals surface area contributed by atoms with E-state index in [1.165, 1.54) is 0 Å². The lowest BCUT2D eigenvalue weighted by Gasteiger charge is -2.25. The van der Waals surface area contributed by atoms with Gasteiger partial charge in [0.2, 0.25) is 0 Å². The van der Waals surface area contributed by atoms with Crippen molar-refractivity contribution in [3.05, 3.63) is 71.6 Å². The van der Waals surface area contributed by atoms with Gasteiger partial charge in [0.25, 0.3) is 5.91 Å². The van der Waals surface area contributed by atoms with Gasteiger partial charge in [0.05, 0.1) is 11.6 Å². The Bertz CT molecular complexity index is 925. The zero-order chi connectivity index (χ0) is 17.9. The van der Waals surface area contributed by atoms with Crippen LogP contribution in [0.4, 0.5) is 0 Å². The topological polar surface area (TPSA) is 80.7 Å². The van der Waals surface area contributed by atoms with E-state index in [4.69, 9.17) is 4.98 Å². The van der Waals surface area contributed by atoms with E-state index in [0.717, 1.165) is 41.8 Å². The molecular formula is C20H19N5O. The first-order valence-electron chi connectivity index (χ1n) is 8.70. The molecule has 6 nitrogen and oxygen atoms in total. The average Bonchev–Trinajstić information content (AvgIpc) is 2.69. The van der Waals surface area contributed by atoms with Gasteiger partial charge in [-0.05, 0) is 50.5 Å². The normalized spacial score (nSPS) is 16.0. The minimum Gasteiger partial charge on any atom is -0.345 e. The third kappa shape index (κ3) is 3.31. The second kappa shape index (κ2) is 7.00. The number of nitrogens with one attached hydrogen (secondary N) is 1. The van der Waals surface area contributed by atoms with Crippen molar-refractivity contribution in [2.24, 2.45) is 0 Å². The molecule has 3 aromatic rings. The molecule has 26 heavy (non-hydrogen) atoms. The minimum absolute atomic E-state index is 0.0736. The first-order chi connectivity index (χ1) is 12.7. The maximum Gasteiger partial charge on any atom is 0.253 e. The van der Waals surface area contributed by atoms with Crippen molar-refractivity contribution in [2.45, 2.75) is 32.2 Å². The largest absolute Gasteiger partial charge is 0.345 e. The molecule has 4 rings (SSSR count). The summed E-state index contributed by atoms with van der Waals surface area (Å²) >= 11 is 0. The van der Waals surface area contributed by atoms with Crippen molar-refractivity contribution >= 4 is 5.91 Å². The lowest BCUT2D eigenvalue weighted by atomic mass is 9.92. The summed E-state index contributed by atoms with van der Waals surface area (Å²) < 4.78 is 0. The van der Waals surface area contributed by atoms with E-state index in [1.54, 1.807) is 24.7 Å². The predicted molar refractivity (Wildman–Crippen MR) is 97.4 cm³/mol. The van der Waals surface area contributed by atoms with E-state index >= 15 is 0 Å². The molecular weight excluding hydrogens is 326 g/mol. The highest BCUT2D eigenvalue weighted by Gasteiger charge is 2.24. The molecule has 6 heteroatoms. The van der Waals surface area contributed by atoms with E-state index in [1.807, 2.05) is 31.3 Å². The van der Waals surface area contributed by atoms with Crippen LogP contribution in [0.1, 0.15) is 46.2 Å². The third-order valence-electron chi connectivity index (χ3n) is 4.58. The molecule has 0 fully saturated rings. The maximum atomic E-state index is 12.5. The molecule has 1 atom stereocenters. The van der Waals surface area contributed by atoms with Crippen LogP contribution in [0.25, 0.3) is 11.4 Å². The summed E-state index contributed by atoms with van der Waals surface area (Å²) in [6.45, 7) is 1.90. The van der Waals surface area contributed by atoms with Crippen LogP contribution >= 0.6 is 0 Å². The SMILES string of the molecule is Cc1ccc(C(=O)NC2CCCc3nc(-c4cccnc4)ncc32)cn1. The number of rotatable bonds is 3. The Labute approximate surface area is 151 Å². The lowest BCUT2D eigenvalue weighted by molar-refractivity contribution is 0.0932. The molecule has 0 saturated heterocycles. The molecule has 1 unspecified atom stereocenters. The number of carbonyl (C=O) groups is 1. The van der Waals surface area contributed by atoms with Crippen molar-refractivity contribution in [2.75, 3.05) is 0 Å². The smallest absolute Gasteiger partial charge is 0.253 e. The number of amides is 1. The van der Waals surface area contributed by atoms with Gasteiger partial charge in [-0.3, -0.25) is 14.8 Å². The van der Waals surface area contributed by atoms with Crippen LogP contribution in [-0.4, -0.2) is 25.8 Å². The number of aromatic nitrogens is 4. The summed E-state index contributed by atoms with van der Waals surface area (Å²) in [7, 11) is 0. The Morgan fingerprint density at radius 1 is 1.15 bits per heavy atom. The zero-order valence-electron chi connectivity index (χ0n) is 14.5. The molecule has 0 aromatic carbocycles. The van der Waals surface area contributed by atoms with Crippen LogP contribution in [0.3, 0.4) is 0 Å². The fourth-order valence-corrected chi connectivity index (χ4v) is 3.17. The number of pyridine rings is 2. The summed E-state index contributed by atoms with van der Waals surface area (Å²) in [6, 6.07) is 7.38. The number of aryl methyl sites for hydroxylation is 2. The van der Waals surface area contributed by atoms with Gasteiger partial charge in [0.15, 0.2) is 5.82 Å². The number of fused-ring (bicyclic) bond motifs is 1. The van der Waals surface area contributed by atoms with Crippen LogP contribution in [-0.2, 0) is 6.42 Å². The highest BCUT2D eigenvalue weighted by Crippen LogP contribution is 2.29. The quantitative estimate of drug-likeness (QED) is 0.789. The molecule has 0 spiro atoms. The van der Waals surface area contributed by atoms with Crippen molar-refractivity contribution in [1.82, 2.24) is 25.3 Å². The van der Waals surface area contributed by atoms with E-state index < -0.39 is 0 Å². The van der Waals surface area contributed by atoms with Crippen LogP contribution in [0.15, 0.2) is 49.1 Å². The number of nitrogens with zero attached hydrogens (tertiary/aromatic N) is 4. The van der Waals surface area contributed by atoms with Crippen LogP contribution in [0.2, 0.25) is 0 Å². The summed E-state index contributed by atoms with van der Waals surface area (Å²) in [4.78, 5) is 30.0. The van der Waals surface area contributed by atoms with Crippen molar-refractivity contribution < 1.29 is 4.79 Å². The van der Waals surface area contributed by atoms with E-state index in [2.05, 4.69) is 20.3 Å². The van der Waals surface area contributed by atoms with Gasteiger partial charge in [0.1, 0.15) is 0 Å². The van der Waals surface area contributed by atoms with E-state index in [0.29, 0.717) is 11.4 Å². The predicted octanol–water partition coefficient (Wildman–Crippen LogP) is 3.05. The Kier molecular flexibility index (Phi) is 4.39. The van der Waals surface area contributed by atoms with Gasteiger partial charge in [-0.25, -0.2) is 9.97 Å². The molecule has 0 bridgehead atoms. The van der Waals surface area contributed by atoms with Crippen LogP contribution in [0, 0.1) is 6.92 Å². The Hall–Kier alpha value is -3.15. The standard InChI is InChI=1S/C20H19N5O/c1-13-7-8-15(11-22-13)20(26)25-18-6-2-5-17-16(18)12-23-19(24-17)14-4-3-9-21-10-14/h3-4,7-12,18H,2,5-6H2,1H3,(H,25,26). The van der Waals surface area contributed by atoms with Crippen molar-refractivity contribution in [1.29, 1.82) is 0 Å². The first kappa shape index (κ1) is 16.3. The van der Waals surface area contributed by atoms with Gasteiger partial charge in [-0.2, -0.15) is 0 Å². The second-order valence-corrected chi connectivity index (χ2v) is 6.44. The van der Waals surface area contributed by atoms with E-state index in [-0.39, 0.29) is 11.9 Å². The first-order valence-corrected chi connectivity index (χ1v) is 8.70. The molecule has 3 heterocycles. The van der Waals surface area contributed by atoms with Gasteiger partial charge in [0, 0.05) is 47.3 Å². The summed E-state index contributed by atoms with van der Waals surface area (Å²) in [5.74, 6) is 0.554. The molecule has 1 N–H and O–H groups in total. The molecule has 0 radical (unpaired) electrons.